The summed E-state index contributed by atoms with van der Waals surface area (Å²) in [4.78, 5) is 10.9. The Morgan fingerprint density at radius 3 is 2.50 bits per heavy atom. The van der Waals surface area contributed by atoms with Crippen molar-refractivity contribution in [3.63, 3.8) is 0 Å². The zero-order valence-electron chi connectivity index (χ0n) is 8.38. The lowest BCUT2D eigenvalue weighted by atomic mass is 10.1. The molecule has 2 rings (SSSR count). The number of hydrogen-bond donors (Lipinski definition) is 1. The highest BCUT2D eigenvalue weighted by Crippen LogP contribution is 2.65. The molecule has 1 aliphatic carbocycles. The van der Waals surface area contributed by atoms with Crippen molar-refractivity contribution in [2.75, 3.05) is 0 Å². The number of carboxylic acids is 1. The minimum Gasteiger partial charge on any atom is -0.481 e. The summed E-state index contributed by atoms with van der Waals surface area (Å²) >= 11 is 17.8. The van der Waals surface area contributed by atoms with E-state index in [0.29, 0.717) is 5.02 Å². The third kappa shape index (κ3) is 1.79. The predicted octanol–water partition coefficient (Wildman–Crippen LogP) is 3.62. The molecule has 0 heterocycles. The molecule has 2 unspecified atom stereocenters. The number of benzene rings is 1. The lowest BCUT2D eigenvalue weighted by Gasteiger charge is -2.03. The minimum absolute atomic E-state index is 0.357. The molecule has 1 aromatic rings. The van der Waals surface area contributed by atoms with Gasteiger partial charge in [0.2, 0.25) is 0 Å². The van der Waals surface area contributed by atoms with Crippen LogP contribution in [-0.2, 0) is 4.79 Å². The maximum Gasteiger partial charge on any atom is 0.310 e. The highest BCUT2D eigenvalue weighted by molar-refractivity contribution is 6.53. The predicted molar refractivity (Wildman–Crippen MR) is 64.5 cm³/mol. The number of hydrogen-bond acceptors (Lipinski definition) is 1. The van der Waals surface area contributed by atoms with E-state index < -0.39 is 16.2 Å². The zero-order valence-corrected chi connectivity index (χ0v) is 10.6. The Labute approximate surface area is 108 Å². The van der Waals surface area contributed by atoms with Crippen LogP contribution in [0.25, 0.3) is 0 Å². The number of carbonyl (C=O) groups is 1. The van der Waals surface area contributed by atoms with Crippen LogP contribution in [0.4, 0.5) is 0 Å². The van der Waals surface area contributed by atoms with Crippen LogP contribution in [0.2, 0.25) is 5.02 Å². The molecule has 1 saturated carbocycles. The molecule has 0 aliphatic heterocycles. The molecule has 2 atom stereocenters. The molecule has 5 heteroatoms. The van der Waals surface area contributed by atoms with Gasteiger partial charge in [0.15, 0.2) is 0 Å². The number of aryl methyl sites for hydroxylation is 1. The van der Waals surface area contributed by atoms with E-state index in [1.165, 1.54) is 0 Å². The fourth-order valence-corrected chi connectivity index (χ4v) is 2.84. The van der Waals surface area contributed by atoms with E-state index in [-0.39, 0.29) is 5.92 Å². The van der Waals surface area contributed by atoms with Gasteiger partial charge in [-0.2, -0.15) is 0 Å². The molecular formula is C11H9Cl3O2. The number of rotatable bonds is 2. The van der Waals surface area contributed by atoms with Crippen molar-refractivity contribution >= 4 is 40.8 Å². The van der Waals surface area contributed by atoms with Gasteiger partial charge in [0.1, 0.15) is 4.33 Å². The van der Waals surface area contributed by atoms with Crippen LogP contribution < -0.4 is 0 Å². The Kier molecular flexibility index (Phi) is 2.85. The summed E-state index contributed by atoms with van der Waals surface area (Å²) in [5, 5.41) is 9.59. The van der Waals surface area contributed by atoms with E-state index in [2.05, 4.69) is 0 Å². The van der Waals surface area contributed by atoms with Crippen LogP contribution in [0.3, 0.4) is 0 Å². The number of alkyl halides is 2. The third-order valence-corrected chi connectivity index (χ3v) is 4.23. The van der Waals surface area contributed by atoms with Crippen molar-refractivity contribution in [1.29, 1.82) is 0 Å². The van der Waals surface area contributed by atoms with Gasteiger partial charge in [-0.15, -0.1) is 0 Å². The van der Waals surface area contributed by atoms with E-state index in [9.17, 15) is 4.79 Å². The smallest absolute Gasteiger partial charge is 0.310 e. The van der Waals surface area contributed by atoms with Gasteiger partial charge in [-0.25, -0.2) is 0 Å². The second-order valence-electron chi connectivity index (χ2n) is 3.98. The molecule has 1 aliphatic rings. The average molecular weight is 280 g/mol. The van der Waals surface area contributed by atoms with E-state index in [0.717, 1.165) is 11.1 Å². The van der Waals surface area contributed by atoms with Gasteiger partial charge >= 0.3 is 5.97 Å². The molecule has 2 nitrogen and oxygen atoms in total. The molecule has 0 saturated heterocycles. The fourth-order valence-electron chi connectivity index (χ4n) is 1.91. The second-order valence-corrected chi connectivity index (χ2v) is 5.83. The SMILES string of the molecule is Cc1cc(C2C(C(=O)O)C2(Cl)Cl)ccc1Cl. The Bertz CT molecular complexity index is 457. The number of aliphatic carboxylic acids is 1. The van der Waals surface area contributed by atoms with Crippen molar-refractivity contribution in [2.45, 2.75) is 17.2 Å². The third-order valence-electron chi connectivity index (χ3n) is 2.86. The molecule has 0 radical (unpaired) electrons. The van der Waals surface area contributed by atoms with Gasteiger partial charge < -0.3 is 5.11 Å². The van der Waals surface area contributed by atoms with Crippen LogP contribution in [0.5, 0.6) is 0 Å². The Morgan fingerprint density at radius 2 is 2.06 bits per heavy atom. The lowest BCUT2D eigenvalue weighted by Crippen LogP contribution is -2.03. The highest BCUT2D eigenvalue weighted by Gasteiger charge is 2.68. The molecule has 1 fully saturated rings. The maximum absolute atomic E-state index is 10.9. The van der Waals surface area contributed by atoms with E-state index in [4.69, 9.17) is 39.9 Å². The van der Waals surface area contributed by atoms with Gasteiger partial charge in [0.25, 0.3) is 0 Å². The van der Waals surface area contributed by atoms with E-state index in [1.807, 2.05) is 13.0 Å². The van der Waals surface area contributed by atoms with Crippen molar-refractivity contribution in [3.05, 3.63) is 34.3 Å². The summed E-state index contributed by atoms with van der Waals surface area (Å²) in [6, 6.07) is 5.32. The Morgan fingerprint density at radius 1 is 1.44 bits per heavy atom. The van der Waals surface area contributed by atoms with Gasteiger partial charge in [-0.3, -0.25) is 4.79 Å². The molecule has 1 N–H and O–H groups in total. The normalized spacial score (nSPS) is 26.5. The van der Waals surface area contributed by atoms with Crippen molar-refractivity contribution < 1.29 is 9.90 Å². The van der Waals surface area contributed by atoms with Gasteiger partial charge in [-0.1, -0.05) is 46.9 Å². The molecule has 0 spiro atoms. The van der Waals surface area contributed by atoms with Crippen LogP contribution in [0, 0.1) is 12.8 Å². The van der Waals surface area contributed by atoms with E-state index in [1.54, 1.807) is 12.1 Å². The Hall–Kier alpha value is -0.440. The molecule has 0 amide bonds. The quantitative estimate of drug-likeness (QED) is 0.840. The topological polar surface area (TPSA) is 37.3 Å². The fraction of sp³-hybridized carbons (Fsp3) is 0.364. The van der Waals surface area contributed by atoms with Gasteiger partial charge in [0.05, 0.1) is 5.92 Å². The number of halogens is 3. The summed E-state index contributed by atoms with van der Waals surface area (Å²) in [5.41, 5.74) is 1.71. The largest absolute Gasteiger partial charge is 0.481 e. The van der Waals surface area contributed by atoms with Gasteiger partial charge in [-0.05, 0) is 24.1 Å². The van der Waals surface area contributed by atoms with Crippen LogP contribution >= 0.6 is 34.8 Å². The minimum atomic E-state index is -1.20. The summed E-state index contributed by atoms with van der Waals surface area (Å²) in [7, 11) is 0. The second kappa shape index (κ2) is 3.80. The molecule has 16 heavy (non-hydrogen) atoms. The zero-order chi connectivity index (χ0) is 12.1. The first-order valence-corrected chi connectivity index (χ1v) is 5.85. The average Bonchev–Trinajstić information content (AvgIpc) is 2.74. The van der Waals surface area contributed by atoms with Crippen molar-refractivity contribution in [3.8, 4) is 0 Å². The molecule has 0 bridgehead atoms. The molecular weight excluding hydrogens is 270 g/mol. The first-order valence-electron chi connectivity index (χ1n) is 4.72. The van der Waals surface area contributed by atoms with Crippen LogP contribution in [0.15, 0.2) is 18.2 Å². The summed E-state index contributed by atoms with van der Waals surface area (Å²) in [6.07, 6.45) is 0. The van der Waals surface area contributed by atoms with Crippen LogP contribution in [0.1, 0.15) is 17.0 Å². The number of carboxylic acid groups (broad SMARTS) is 1. The lowest BCUT2D eigenvalue weighted by molar-refractivity contribution is -0.138. The summed E-state index contributed by atoms with van der Waals surface area (Å²) in [5.74, 6) is -2.07. The summed E-state index contributed by atoms with van der Waals surface area (Å²) in [6.45, 7) is 1.86. The van der Waals surface area contributed by atoms with Crippen molar-refractivity contribution in [1.82, 2.24) is 0 Å². The standard InChI is InChI=1S/C11H9Cl3O2/c1-5-4-6(2-3-7(5)12)8-9(10(15)16)11(8,13)14/h2-4,8-9H,1H3,(H,15,16). The van der Waals surface area contributed by atoms with Gasteiger partial charge in [0, 0.05) is 10.9 Å². The molecule has 86 valence electrons. The molecule has 0 aromatic heterocycles. The summed E-state index contributed by atoms with van der Waals surface area (Å²) < 4.78 is -1.20. The molecule has 1 aromatic carbocycles. The highest BCUT2D eigenvalue weighted by atomic mass is 35.5. The van der Waals surface area contributed by atoms with Crippen LogP contribution in [-0.4, -0.2) is 15.4 Å². The van der Waals surface area contributed by atoms with Crippen molar-refractivity contribution in [2.24, 2.45) is 5.92 Å². The van der Waals surface area contributed by atoms with E-state index >= 15 is 0 Å². The monoisotopic (exact) mass is 278 g/mol. The Balaban J connectivity index is 2.33. The first kappa shape index (κ1) is 12.0. The first-order chi connectivity index (χ1) is 7.35. The maximum atomic E-state index is 10.9.